The van der Waals surface area contributed by atoms with E-state index in [0.29, 0.717) is 19.5 Å². The summed E-state index contributed by atoms with van der Waals surface area (Å²) in [5.74, 6) is -0.200. The molecule has 34 heavy (non-hydrogen) atoms. The highest BCUT2D eigenvalue weighted by Gasteiger charge is 2.48. The Morgan fingerprint density at radius 1 is 1.03 bits per heavy atom. The van der Waals surface area contributed by atoms with E-state index in [9.17, 15) is 9.59 Å². The Labute approximate surface area is 199 Å². The van der Waals surface area contributed by atoms with Crippen LogP contribution < -0.4 is 10.6 Å². The molecule has 3 heterocycles. The van der Waals surface area contributed by atoms with Crippen LogP contribution in [0.1, 0.15) is 48.7 Å². The first-order valence-corrected chi connectivity index (χ1v) is 12.0. The van der Waals surface area contributed by atoms with Gasteiger partial charge in [-0.15, -0.1) is 0 Å². The lowest BCUT2D eigenvalue weighted by Crippen LogP contribution is -2.56. The molecule has 0 bridgehead atoms. The second kappa shape index (κ2) is 9.60. The lowest BCUT2D eigenvalue weighted by molar-refractivity contribution is -0.152. The number of carbonyl (C=O) groups is 2. The Morgan fingerprint density at radius 2 is 1.76 bits per heavy atom. The number of amides is 1. The predicted molar refractivity (Wildman–Crippen MR) is 131 cm³/mol. The van der Waals surface area contributed by atoms with Crippen molar-refractivity contribution in [1.29, 1.82) is 0 Å². The highest BCUT2D eigenvalue weighted by atomic mass is 16.5. The average Bonchev–Trinajstić information content (AvgIpc) is 3.24. The van der Waals surface area contributed by atoms with E-state index in [0.717, 1.165) is 18.4 Å². The molecule has 0 saturated carbocycles. The van der Waals surface area contributed by atoms with Crippen LogP contribution >= 0.6 is 0 Å². The van der Waals surface area contributed by atoms with Gasteiger partial charge in [0.2, 0.25) is 5.91 Å². The zero-order valence-corrected chi connectivity index (χ0v) is 19.7. The van der Waals surface area contributed by atoms with E-state index in [4.69, 9.17) is 4.74 Å². The number of hydrogen-bond donors (Lipinski definition) is 3. The van der Waals surface area contributed by atoms with Crippen LogP contribution in [-0.2, 0) is 20.7 Å². The van der Waals surface area contributed by atoms with E-state index in [1.807, 2.05) is 12.1 Å². The van der Waals surface area contributed by atoms with Crippen LogP contribution in [0.3, 0.4) is 0 Å². The second-order valence-electron chi connectivity index (χ2n) is 9.30. The highest BCUT2D eigenvalue weighted by molar-refractivity contribution is 5.87. The molecule has 1 fully saturated rings. The number of fused-ring (bicyclic) bond motifs is 5. The Bertz CT molecular complexity index is 1180. The van der Waals surface area contributed by atoms with Gasteiger partial charge in [0.05, 0.1) is 13.2 Å². The first kappa shape index (κ1) is 22.6. The van der Waals surface area contributed by atoms with Crippen molar-refractivity contribution < 1.29 is 14.3 Å². The molecular formula is C27H32N4O3. The summed E-state index contributed by atoms with van der Waals surface area (Å²) in [4.78, 5) is 30.4. The molecule has 2 aromatic carbocycles. The smallest absolute Gasteiger partial charge is 0.323 e. The standard InChI is InChI=1S/C27H32N4O3/c1-17(32)28-12-13-29-19-14-23(18-8-4-3-5-9-18)31-24(15-19)26-21(16-25(31)27(33)34-2)20-10-6-7-11-22(20)30-26/h3-11,19,23-25,29-30H,12-16H2,1-2H3,(H,28,32)/t19-,23+,24-,25+/m1/s1. The maximum absolute atomic E-state index is 13.1. The first-order chi connectivity index (χ1) is 16.6. The molecule has 0 radical (unpaired) electrons. The van der Waals surface area contributed by atoms with Crippen molar-refractivity contribution >= 4 is 22.8 Å². The van der Waals surface area contributed by atoms with Crippen LogP contribution in [0, 0.1) is 0 Å². The molecule has 0 aliphatic carbocycles. The Hall–Kier alpha value is -3.16. The Morgan fingerprint density at radius 3 is 2.53 bits per heavy atom. The monoisotopic (exact) mass is 460 g/mol. The maximum atomic E-state index is 13.1. The van der Waals surface area contributed by atoms with E-state index >= 15 is 0 Å². The van der Waals surface area contributed by atoms with Gasteiger partial charge in [0.15, 0.2) is 0 Å². The minimum Gasteiger partial charge on any atom is -0.468 e. The van der Waals surface area contributed by atoms with Gasteiger partial charge in [-0.3, -0.25) is 14.5 Å². The molecule has 1 amide bonds. The molecule has 2 aliphatic rings. The fraction of sp³-hybridized carbons (Fsp3) is 0.407. The third-order valence-corrected chi connectivity index (χ3v) is 7.26. The Kier molecular flexibility index (Phi) is 6.39. The van der Waals surface area contributed by atoms with E-state index in [2.05, 4.69) is 63.0 Å². The van der Waals surface area contributed by atoms with Gasteiger partial charge in [-0.1, -0.05) is 48.5 Å². The lowest BCUT2D eigenvalue weighted by atomic mass is 9.79. The number of esters is 1. The van der Waals surface area contributed by atoms with Crippen LogP contribution in [0.5, 0.6) is 0 Å². The number of rotatable bonds is 6. The number of H-pyrrole nitrogens is 1. The minimum absolute atomic E-state index is 0.0188. The SMILES string of the molecule is COC(=O)[C@@H]1Cc2c([nH]c3ccccc23)[C@H]2C[C@H](NCCNC(C)=O)C[C@@H](c3ccccc3)N21. The number of carbonyl (C=O) groups excluding carboxylic acids is 2. The molecule has 0 unspecified atom stereocenters. The van der Waals surface area contributed by atoms with Crippen molar-refractivity contribution in [2.75, 3.05) is 20.2 Å². The summed E-state index contributed by atoms with van der Waals surface area (Å²) >= 11 is 0. The summed E-state index contributed by atoms with van der Waals surface area (Å²) in [6, 6.07) is 18.8. The number of aromatic amines is 1. The van der Waals surface area contributed by atoms with Crippen molar-refractivity contribution in [3.05, 3.63) is 71.4 Å². The molecular weight excluding hydrogens is 428 g/mol. The number of nitrogens with zero attached hydrogens (tertiary/aromatic N) is 1. The van der Waals surface area contributed by atoms with E-state index in [1.54, 1.807) is 0 Å². The maximum Gasteiger partial charge on any atom is 0.323 e. The molecule has 1 saturated heterocycles. The largest absolute Gasteiger partial charge is 0.468 e. The molecule has 0 spiro atoms. The van der Waals surface area contributed by atoms with E-state index < -0.39 is 0 Å². The van der Waals surface area contributed by atoms with Crippen molar-refractivity contribution in [3.8, 4) is 0 Å². The van der Waals surface area contributed by atoms with Crippen LogP contribution in [0.2, 0.25) is 0 Å². The van der Waals surface area contributed by atoms with Crippen LogP contribution in [0.4, 0.5) is 0 Å². The molecule has 5 rings (SSSR count). The van der Waals surface area contributed by atoms with Crippen LogP contribution in [0.15, 0.2) is 54.6 Å². The quantitative estimate of drug-likeness (QED) is 0.388. The molecule has 7 nitrogen and oxygen atoms in total. The highest BCUT2D eigenvalue weighted by Crippen LogP contribution is 2.48. The van der Waals surface area contributed by atoms with Crippen molar-refractivity contribution in [2.24, 2.45) is 0 Å². The summed E-state index contributed by atoms with van der Waals surface area (Å²) in [6.45, 7) is 2.84. The fourth-order valence-electron chi connectivity index (χ4n) is 5.83. The number of benzene rings is 2. The van der Waals surface area contributed by atoms with Gasteiger partial charge in [0.1, 0.15) is 6.04 Å². The summed E-state index contributed by atoms with van der Waals surface area (Å²) < 4.78 is 5.31. The zero-order valence-electron chi connectivity index (χ0n) is 19.7. The van der Waals surface area contributed by atoms with Gasteiger partial charge in [0, 0.05) is 55.1 Å². The summed E-state index contributed by atoms with van der Waals surface area (Å²) in [5.41, 5.74) is 4.73. The van der Waals surface area contributed by atoms with Gasteiger partial charge in [-0.2, -0.15) is 0 Å². The number of aromatic nitrogens is 1. The topological polar surface area (TPSA) is 86.5 Å². The number of piperidine rings is 1. The third-order valence-electron chi connectivity index (χ3n) is 7.26. The number of para-hydroxylation sites is 1. The molecule has 4 atom stereocenters. The minimum atomic E-state index is -0.341. The zero-order chi connectivity index (χ0) is 23.7. The normalized spacial score (nSPS) is 24.3. The van der Waals surface area contributed by atoms with Gasteiger partial charge in [-0.05, 0) is 30.0 Å². The average molecular weight is 461 g/mol. The van der Waals surface area contributed by atoms with Crippen LogP contribution in [-0.4, -0.2) is 54.0 Å². The lowest BCUT2D eigenvalue weighted by Gasteiger charge is -2.50. The van der Waals surface area contributed by atoms with Crippen molar-refractivity contribution in [2.45, 2.75) is 50.4 Å². The van der Waals surface area contributed by atoms with Gasteiger partial charge in [-0.25, -0.2) is 0 Å². The summed E-state index contributed by atoms with van der Waals surface area (Å²) in [7, 11) is 1.48. The summed E-state index contributed by atoms with van der Waals surface area (Å²) in [6.07, 6.45) is 2.38. The second-order valence-corrected chi connectivity index (χ2v) is 9.30. The van der Waals surface area contributed by atoms with Gasteiger partial charge < -0.3 is 20.4 Å². The number of ether oxygens (including phenoxy) is 1. The van der Waals surface area contributed by atoms with E-state index in [1.165, 1.54) is 36.2 Å². The third kappa shape index (κ3) is 4.21. The molecule has 3 aromatic rings. The molecule has 3 N–H and O–H groups in total. The van der Waals surface area contributed by atoms with Crippen molar-refractivity contribution in [1.82, 2.24) is 20.5 Å². The summed E-state index contributed by atoms with van der Waals surface area (Å²) in [5, 5.41) is 7.71. The van der Waals surface area contributed by atoms with E-state index in [-0.39, 0.29) is 36.0 Å². The molecule has 7 heteroatoms. The predicted octanol–water partition coefficient (Wildman–Crippen LogP) is 3.24. The van der Waals surface area contributed by atoms with Gasteiger partial charge >= 0.3 is 5.97 Å². The number of methoxy groups -OCH3 is 1. The Balaban J connectivity index is 1.54. The number of hydrogen-bond acceptors (Lipinski definition) is 5. The molecule has 1 aromatic heterocycles. The molecule has 2 aliphatic heterocycles. The number of nitrogens with one attached hydrogen (secondary N) is 3. The fourth-order valence-corrected chi connectivity index (χ4v) is 5.83. The van der Waals surface area contributed by atoms with Crippen LogP contribution in [0.25, 0.3) is 10.9 Å². The molecule has 178 valence electrons. The van der Waals surface area contributed by atoms with Crippen molar-refractivity contribution in [3.63, 3.8) is 0 Å². The first-order valence-electron chi connectivity index (χ1n) is 12.0. The van der Waals surface area contributed by atoms with Gasteiger partial charge in [0.25, 0.3) is 0 Å².